The van der Waals surface area contributed by atoms with Crippen molar-refractivity contribution in [3.8, 4) is 0 Å². The third-order valence-electron chi connectivity index (χ3n) is 5.11. The monoisotopic (exact) mass is 464 g/mol. The highest BCUT2D eigenvalue weighted by Gasteiger charge is 2.36. The van der Waals surface area contributed by atoms with Crippen molar-refractivity contribution in [2.45, 2.75) is 115 Å². The molecule has 2 N–H and O–H groups in total. The van der Waals surface area contributed by atoms with Crippen molar-refractivity contribution in [1.29, 1.82) is 0 Å². The zero-order valence-electron chi connectivity index (χ0n) is 19.0. The molecule has 0 aliphatic rings. The number of carboxylic acid groups (broad SMARTS) is 1. The second kappa shape index (κ2) is 17.1. The number of hydrogen-bond donors (Lipinski definition) is 2. The van der Waals surface area contributed by atoms with Crippen molar-refractivity contribution in [3.63, 3.8) is 0 Å². The van der Waals surface area contributed by atoms with Gasteiger partial charge in [0.05, 0.1) is 6.42 Å². The van der Waals surface area contributed by atoms with Crippen LogP contribution in [-0.4, -0.2) is 41.2 Å². The maximum absolute atomic E-state index is 11.7. The summed E-state index contributed by atoms with van der Waals surface area (Å²) in [7, 11) is -4.96. The number of aliphatic carboxylic acids is 1. The Morgan fingerprint density at radius 3 is 1.58 bits per heavy atom. The molecule has 9 heteroatoms. The first-order valence-corrected chi connectivity index (χ1v) is 13.0. The van der Waals surface area contributed by atoms with Crippen LogP contribution in [0.15, 0.2) is 0 Å². The Morgan fingerprint density at radius 2 is 1.19 bits per heavy atom. The Morgan fingerprint density at radius 1 is 0.774 bits per heavy atom. The number of unbranched alkanes of at least 4 members (excludes halogenated alkanes) is 11. The number of hydrogen-bond acceptors (Lipinski definition) is 6. The number of rotatable bonds is 19. The van der Waals surface area contributed by atoms with Crippen LogP contribution in [0.25, 0.3) is 0 Å². The third-order valence-corrected chi connectivity index (χ3v) is 6.19. The normalized spacial score (nSPS) is 12.6. The summed E-state index contributed by atoms with van der Waals surface area (Å²) in [6, 6.07) is 0. The summed E-state index contributed by atoms with van der Waals surface area (Å²) in [4.78, 5) is 33.9. The van der Waals surface area contributed by atoms with E-state index in [0.29, 0.717) is 6.42 Å². The minimum absolute atomic E-state index is 0.0617. The van der Waals surface area contributed by atoms with Crippen LogP contribution in [-0.2, 0) is 29.2 Å². The van der Waals surface area contributed by atoms with Gasteiger partial charge in [0.25, 0.3) is 10.1 Å². The molecule has 0 spiro atoms. The van der Waals surface area contributed by atoms with E-state index in [4.69, 9.17) is 9.66 Å². The molecule has 0 radical (unpaired) electrons. The van der Waals surface area contributed by atoms with Crippen molar-refractivity contribution < 1.29 is 37.2 Å². The van der Waals surface area contributed by atoms with Crippen LogP contribution in [0.1, 0.15) is 110 Å². The van der Waals surface area contributed by atoms with Gasteiger partial charge in [0.2, 0.25) is 0 Å². The molecule has 1 unspecified atom stereocenters. The van der Waals surface area contributed by atoms with Crippen molar-refractivity contribution in [1.82, 2.24) is 0 Å². The lowest BCUT2D eigenvalue weighted by molar-refractivity contribution is -0.160. The molecule has 0 heterocycles. The van der Waals surface area contributed by atoms with Crippen molar-refractivity contribution in [2.24, 2.45) is 5.92 Å². The van der Waals surface area contributed by atoms with Crippen LogP contribution < -0.4 is 0 Å². The summed E-state index contributed by atoms with van der Waals surface area (Å²) < 4.78 is 35.5. The number of esters is 2. The first-order chi connectivity index (χ1) is 14.5. The molecule has 0 aromatic carbocycles. The standard InChI is InChI=1S/C22H40O8S/c1-18(2)15-13-11-9-7-5-3-4-6-8-10-12-14-16-21(25)30-22(26)19(17-20(23)24)31(27,28)29/h18-19H,3-17H2,1-2H3,(H,23,24)(H,27,28,29). The smallest absolute Gasteiger partial charge is 0.335 e. The minimum atomic E-state index is -4.96. The Kier molecular flexibility index (Phi) is 16.3. The van der Waals surface area contributed by atoms with Crippen LogP contribution in [0.5, 0.6) is 0 Å². The summed E-state index contributed by atoms with van der Waals surface area (Å²) in [5.41, 5.74) is 0. The molecule has 0 rings (SSSR count). The molecule has 0 amide bonds. The van der Waals surface area contributed by atoms with Crippen LogP contribution in [0.2, 0.25) is 0 Å². The largest absolute Gasteiger partial charge is 0.481 e. The van der Waals surface area contributed by atoms with E-state index in [-0.39, 0.29) is 6.42 Å². The molecule has 1 atom stereocenters. The maximum Gasteiger partial charge on any atom is 0.335 e. The fraction of sp³-hybridized carbons (Fsp3) is 0.864. The molecule has 8 nitrogen and oxygen atoms in total. The zero-order chi connectivity index (χ0) is 23.7. The molecule has 182 valence electrons. The topological polar surface area (TPSA) is 135 Å². The molecule has 0 aliphatic carbocycles. The Balaban J connectivity index is 3.69. The van der Waals surface area contributed by atoms with E-state index >= 15 is 0 Å². The van der Waals surface area contributed by atoms with Gasteiger partial charge in [-0.05, 0) is 12.3 Å². The highest BCUT2D eigenvalue weighted by molar-refractivity contribution is 7.87. The van der Waals surface area contributed by atoms with Crippen LogP contribution >= 0.6 is 0 Å². The minimum Gasteiger partial charge on any atom is -0.481 e. The molecule has 0 fully saturated rings. The van der Waals surface area contributed by atoms with Gasteiger partial charge in [-0.15, -0.1) is 0 Å². The Bertz CT molecular complexity index is 627. The quantitative estimate of drug-likeness (QED) is 0.119. The van der Waals surface area contributed by atoms with E-state index in [1.807, 2.05) is 0 Å². The predicted octanol–water partition coefficient (Wildman–Crippen LogP) is 4.90. The lowest BCUT2D eigenvalue weighted by Gasteiger charge is -2.10. The summed E-state index contributed by atoms with van der Waals surface area (Å²) in [5.74, 6) is -3.28. The van der Waals surface area contributed by atoms with E-state index < -0.39 is 39.7 Å². The van der Waals surface area contributed by atoms with Gasteiger partial charge in [-0.25, -0.2) is 0 Å². The fourth-order valence-electron chi connectivity index (χ4n) is 3.29. The summed E-state index contributed by atoms with van der Waals surface area (Å²) in [6.07, 6.45) is 13.6. The van der Waals surface area contributed by atoms with Crippen molar-refractivity contribution >= 4 is 28.0 Å². The maximum atomic E-state index is 11.7. The van der Waals surface area contributed by atoms with Crippen molar-refractivity contribution in [3.05, 3.63) is 0 Å². The highest BCUT2D eigenvalue weighted by Crippen LogP contribution is 2.15. The zero-order valence-corrected chi connectivity index (χ0v) is 19.8. The Labute approximate surface area is 186 Å². The van der Waals surface area contributed by atoms with Crippen LogP contribution in [0.4, 0.5) is 0 Å². The van der Waals surface area contributed by atoms with E-state index in [1.165, 1.54) is 51.4 Å². The van der Waals surface area contributed by atoms with Gasteiger partial charge in [-0.1, -0.05) is 90.9 Å². The molecular weight excluding hydrogens is 424 g/mol. The second-order valence-corrected chi connectivity index (χ2v) is 10.2. The third kappa shape index (κ3) is 17.9. The van der Waals surface area contributed by atoms with Gasteiger partial charge < -0.3 is 9.84 Å². The fourth-order valence-corrected chi connectivity index (χ4v) is 3.93. The van der Waals surface area contributed by atoms with E-state index in [1.54, 1.807) is 0 Å². The molecule has 0 aliphatic heterocycles. The number of carboxylic acids is 1. The SMILES string of the molecule is CC(C)CCCCCCCCCCCCCCC(=O)OC(=O)C(CC(=O)O)S(=O)(=O)O. The summed E-state index contributed by atoms with van der Waals surface area (Å²) in [5, 5.41) is 6.32. The Hall–Kier alpha value is -1.48. The van der Waals surface area contributed by atoms with Gasteiger partial charge in [0.1, 0.15) is 0 Å². The van der Waals surface area contributed by atoms with Gasteiger partial charge in [0.15, 0.2) is 5.25 Å². The lowest BCUT2D eigenvalue weighted by Crippen LogP contribution is -2.35. The first kappa shape index (κ1) is 29.5. The van der Waals surface area contributed by atoms with Crippen LogP contribution in [0, 0.1) is 5.92 Å². The number of carbonyl (C=O) groups excluding carboxylic acids is 2. The van der Waals surface area contributed by atoms with Gasteiger partial charge >= 0.3 is 17.9 Å². The van der Waals surface area contributed by atoms with Crippen molar-refractivity contribution in [2.75, 3.05) is 0 Å². The molecule has 0 saturated heterocycles. The molecule has 0 aromatic heterocycles. The second-order valence-electron chi connectivity index (χ2n) is 8.57. The first-order valence-electron chi connectivity index (χ1n) is 11.5. The van der Waals surface area contributed by atoms with E-state index in [2.05, 4.69) is 18.6 Å². The number of carbonyl (C=O) groups is 3. The highest BCUT2D eigenvalue weighted by atomic mass is 32.2. The predicted molar refractivity (Wildman–Crippen MR) is 118 cm³/mol. The average Bonchev–Trinajstić information content (AvgIpc) is 2.65. The molecule has 31 heavy (non-hydrogen) atoms. The molecule has 0 aromatic rings. The molecule has 0 saturated carbocycles. The van der Waals surface area contributed by atoms with Crippen LogP contribution in [0.3, 0.4) is 0 Å². The van der Waals surface area contributed by atoms with E-state index in [9.17, 15) is 22.8 Å². The summed E-state index contributed by atoms with van der Waals surface area (Å²) in [6.45, 7) is 4.53. The lowest BCUT2D eigenvalue weighted by atomic mass is 10.0. The summed E-state index contributed by atoms with van der Waals surface area (Å²) >= 11 is 0. The average molecular weight is 465 g/mol. The number of ether oxygens (including phenoxy) is 1. The van der Waals surface area contributed by atoms with Gasteiger partial charge in [0, 0.05) is 6.42 Å². The van der Waals surface area contributed by atoms with E-state index in [0.717, 1.165) is 31.6 Å². The molecular formula is C22H40O8S. The van der Waals surface area contributed by atoms with Gasteiger partial charge in [-0.3, -0.25) is 18.9 Å². The van der Waals surface area contributed by atoms with Gasteiger partial charge in [-0.2, -0.15) is 8.42 Å². The molecule has 0 bridgehead atoms.